The Kier molecular flexibility index (Phi) is 34.1. The van der Waals surface area contributed by atoms with Crippen LogP contribution in [0.25, 0.3) is 0 Å². The van der Waals surface area contributed by atoms with E-state index in [9.17, 15) is 53.4 Å². The highest BCUT2D eigenvalue weighted by atomic mass is 16.3. The van der Waals surface area contributed by atoms with E-state index in [4.69, 9.17) is 57.3 Å². The van der Waals surface area contributed by atoms with Gasteiger partial charge in [-0.3, -0.25) is 63.1 Å². The van der Waals surface area contributed by atoms with Crippen molar-refractivity contribution in [1.29, 1.82) is 0 Å². The van der Waals surface area contributed by atoms with Crippen LogP contribution in [-0.2, 0) is 43.2 Å². The predicted molar refractivity (Wildman–Crippen MR) is 291 cm³/mol. The Morgan fingerprint density at radius 1 is 0.359 bits per heavy atom. The van der Waals surface area contributed by atoms with Crippen molar-refractivity contribution in [1.82, 2.24) is 42.5 Å². The first-order valence-electron chi connectivity index (χ1n) is 25.4. The Bertz CT molecular complexity index is 2070. The first-order chi connectivity index (χ1) is 36.5. The van der Waals surface area contributed by atoms with E-state index in [1.807, 2.05) is 0 Å². The Morgan fingerprint density at radius 3 is 0.885 bits per heavy atom. The van der Waals surface area contributed by atoms with E-state index in [0.717, 1.165) is 0 Å². The van der Waals surface area contributed by atoms with Crippen LogP contribution in [0.3, 0.4) is 0 Å². The van der Waals surface area contributed by atoms with Gasteiger partial charge in [-0.25, -0.2) is 0 Å². The molecule has 444 valence electrons. The lowest BCUT2D eigenvalue weighted by atomic mass is 10.0. The molecular weight excluding hydrogens is 1020 g/mol. The molecule has 0 aliphatic carbocycles. The molecule has 0 radical (unpaired) electrons. The second-order valence-corrected chi connectivity index (χ2v) is 19.1. The van der Waals surface area contributed by atoms with Gasteiger partial charge in [-0.15, -0.1) is 0 Å². The minimum Gasteiger partial charge on any atom is -0.394 e. The van der Waals surface area contributed by atoms with Gasteiger partial charge in [0.15, 0.2) is 23.8 Å². The quantitative estimate of drug-likeness (QED) is 0.0154. The molecule has 78 heavy (non-hydrogen) atoms. The van der Waals surface area contributed by atoms with Gasteiger partial charge in [0.05, 0.1) is 19.3 Å². The molecule has 0 spiro atoms. The van der Waals surface area contributed by atoms with Gasteiger partial charge < -0.3 is 110 Å². The lowest BCUT2D eigenvalue weighted by Crippen LogP contribution is -2.61. The van der Waals surface area contributed by atoms with Crippen molar-refractivity contribution in [3.8, 4) is 0 Å². The van der Waals surface area contributed by atoms with Crippen molar-refractivity contribution >= 4 is 77.0 Å². The third-order valence-corrected chi connectivity index (χ3v) is 11.1. The summed E-state index contributed by atoms with van der Waals surface area (Å²) >= 11 is 0. The SMILES string of the molecule is CC(C)C[C@H](NC(=O)[C@H](CO)NC(=O)[C@H](CO)NC(=O)[C@H](CC(C)C)NC(=O)[C@H](CCCN=C(N)N)NC(=O)[C@H](CCCN=C(N)N)NC(=O)[C@@H](N)CCCN=C(N)N)C(=O)N[C@@H](CCCN=C(N)N)C(=O)N[C@@H](C)C(N)=O. The summed E-state index contributed by atoms with van der Waals surface area (Å²) in [6.45, 7) is 6.57. The van der Waals surface area contributed by atoms with Crippen molar-refractivity contribution in [2.75, 3.05) is 39.4 Å². The maximum atomic E-state index is 14.1. The number of aliphatic hydroxyl groups is 2. The van der Waals surface area contributed by atoms with Crippen LogP contribution >= 0.6 is 0 Å². The van der Waals surface area contributed by atoms with Gasteiger partial charge in [-0.05, 0) is 83.0 Å². The molecule has 33 nitrogen and oxygen atoms in total. The Morgan fingerprint density at radius 2 is 0.603 bits per heavy atom. The molecule has 33 heteroatoms. The Hall–Kier alpha value is -7.81. The third-order valence-electron chi connectivity index (χ3n) is 11.1. The van der Waals surface area contributed by atoms with Gasteiger partial charge in [0, 0.05) is 26.2 Å². The zero-order valence-electron chi connectivity index (χ0n) is 45.3. The summed E-state index contributed by atoms with van der Waals surface area (Å²) in [7, 11) is 0. The van der Waals surface area contributed by atoms with Gasteiger partial charge in [0.2, 0.25) is 53.2 Å². The lowest BCUT2D eigenvalue weighted by molar-refractivity contribution is -0.137. The van der Waals surface area contributed by atoms with Crippen LogP contribution in [-0.4, -0.2) is 181 Å². The number of carbonyl (C=O) groups is 9. The fourth-order valence-corrected chi connectivity index (χ4v) is 7.06. The van der Waals surface area contributed by atoms with Crippen molar-refractivity contribution < 1.29 is 53.4 Å². The van der Waals surface area contributed by atoms with E-state index >= 15 is 0 Å². The van der Waals surface area contributed by atoms with E-state index in [-0.39, 0.29) is 120 Å². The van der Waals surface area contributed by atoms with Crippen LogP contribution in [0.4, 0.5) is 0 Å². The van der Waals surface area contributed by atoms with Gasteiger partial charge in [-0.2, -0.15) is 0 Å². The summed E-state index contributed by atoms with van der Waals surface area (Å²) in [5.41, 5.74) is 54.8. The van der Waals surface area contributed by atoms with Crippen molar-refractivity contribution in [3.63, 3.8) is 0 Å². The molecular formula is C45H88N22O11. The van der Waals surface area contributed by atoms with Crippen molar-refractivity contribution in [2.45, 2.75) is 153 Å². The second-order valence-electron chi connectivity index (χ2n) is 19.1. The maximum Gasteiger partial charge on any atom is 0.245 e. The molecule has 0 rings (SSSR count). The highest BCUT2D eigenvalue weighted by Crippen LogP contribution is 2.11. The lowest BCUT2D eigenvalue weighted by Gasteiger charge is -2.28. The van der Waals surface area contributed by atoms with Crippen molar-refractivity contribution in [3.05, 3.63) is 0 Å². The van der Waals surface area contributed by atoms with Crippen LogP contribution in [0.2, 0.25) is 0 Å². The molecule has 0 bridgehead atoms. The fourth-order valence-electron chi connectivity index (χ4n) is 7.06. The molecule has 0 heterocycles. The van der Waals surface area contributed by atoms with Gasteiger partial charge in [0.25, 0.3) is 0 Å². The number of hydrogen-bond acceptors (Lipinski definition) is 16. The third kappa shape index (κ3) is 30.7. The number of aliphatic hydroxyl groups excluding tert-OH is 2. The number of hydrogen-bond donors (Lipinski definition) is 20. The molecule has 9 atom stereocenters. The van der Waals surface area contributed by atoms with E-state index in [1.54, 1.807) is 27.7 Å². The average Bonchev–Trinajstić information content (AvgIpc) is 3.34. The zero-order chi connectivity index (χ0) is 59.7. The highest BCUT2D eigenvalue weighted by molar-refractivity contribution is 5.98. The normalized spacial score (nSPS) is 14.4. The van der Waals surface area contributed by atoms with E-state index in [2.05, 4.69) is 62.5 Å². The Labute approximate surface area is 453 Å². The summed E-state index contributed by atoms with van der Waals surface area (Å²) in [5.74, 6) is -9.37. The van der Waals surface area contributed by atoms with E-state index in [1.165, 1.54) is 6.92 Å². The standard InChI is InChI=1S/C45H88N22O11/c1-22(2)18-29(38(75)63-26(11-7-15-57-43(50)51)35(72)60-24(5)33(47)70)65-40(77)31(20-68)67-41(78)32(21-69)66-39(76)30(19-23(3)4)64-37(74)28(13-9-17-59-45(54)55)62-36(73)27(12-8-16-58-44(52)53)61-34(71)25(46)10-6-14-56-42(48)49/h22-32,68-69H,6-21,46H2,1-5H3,(H2,47,70)(H,60,72)(H,61,71)(H,62,73)(H,63,75)(H,64,74)(H,65,77)(H,66,76)(H,67,78)(H4,48,49,56)(H4,50,51,57)(H4,52,53,58)(H4,54,55,59)/t24-,25-,26-,27-,28-,29-,30-,31-,32-/m0/s1. The number of rotatable bonds is 39. The predicted octanol–water partition coefficient (Wildman–Crippen LogP) is -9.01. The van der Waals surface area contributed by atoms with Gasteiger partial charge >= 0.3 is 0 Å². The first-order valence-corrected chi connectivity index (χ1v) is 25.4. The molecule has 0 aromatic heterocycles. The fraction of sp³-hybridized carbons (Fsp3) is 0.711. The number of nitrogens with two attached hydrogens (primary N) is 10. The van der Waals surface area contributed by atoms with Crippen LogP contribution in [0, 0.1) is 11.8 Å². The van der Waals surface area contributed by atoms with Gasteiger partial charge in [0.1, 0.15) is 48.3 Å². The number of carbonyl (C=O) groups excluding carboxylic acids is 9. The van der Waals surface area contributed by atoms with Gasteiger partial charge in [-0.1, -0.05) is 27.7 Å². The highest BCUT2D eigenvalue weighted by Gasteiger charge is 2.35. The number of amides is 9. The van der Waals surface area contributed by atoms with Crippen LogP contribution in [0.5, 0.6) is 0 Å². The minimum absolute atomic E-state index is 0.00101. The number of primary amides is 1. The summed E-state index contributed by atoms with van der Waals surface area (Å²) in [4.78, 5) is 137. The smallest absolute Gasteiger partial charge is 0.245 e. The summed E-state index contributed by atoms with van der Waals surface area (Å²) in [5, 5.41) is 40.4. The molecule has 0 aliphatic rings. The molecule has 9 amide bonds. The van der Waals surface area contributed by atoms with E-state index < -0.39 is 121 Å². The summed E-state index contributed by atoms with van der Waals surface area (Å²) in [6.07, 6.45) is 0.836. The van der Waals surface area contributed by atoms with E-state index in [0.29, 0.717) is 6.42 Å². The number of nitrogens with one attached hydrogen (secondary N) is 8. The molecule has 0 saturated carbocycles. The van der Waals surface area contributed by atoms with Crippen LogP contribution in [0.1, 0.15) is 98.8 Å². The molecule has 0 aliphatic heterocycles. The molecule has 0 aromatic rings. The topological polar surface area (TPSA) is 600 Å². The maximum absolute atomic E-state index is 14.1. The average molecular weight is 1110 g/mol. The monoisotopic (exact) mass is 1110 g/mol. The molecule has 0 fully saturated rings. The molecule has 30 N–H and O–H groups in total. The van der Waals surface area contributed by atoms with Crippen LogP contribution in [0.15, 0.2) is 20.0 Å². The number of aliphatic imine (C=N–C) groups is 4. The first kappa shape index (κ1) is 70.2. The molecule has 0 unspecified atom stereocenters. The largest absolute Gasteiger partial charge is 0.394 e. The summed E-state index contributed by atoms with van der Waals surface area (Å²) < 4.78 is 0. The number of guanidine groups is 4. The molecule has 0 aromatic carbocycles. The Balaban J connectivity index is 6.53. The second kappa shape index (κ2) is 37.9. The van der Waals surface area contributed by atoms with Crippen molar-refractivity contribution in [2.24, 2.45) is 89.1 Å². The van der Waals surface area contributed by atoms with Crippen LogP contribution < -0.4 is 99.9 Å². The molecule has 0 saturated heterocycles. The summed E-state index contributed by atoms with van der Waals surface area (Å²) in [6, 6.07) is -12.4. The minimum atomic E-state index is -1.78. The number of nitrogens with zero attached hydrogens (tertiary/aromatic N) is 4. The zero-order valence-corrected chi connectivity index (χ0v) is 45.3.